The first-order valence-corrected chi connectivity index (χ1v) is 8.02. The summed E-state index contributed by atoms with van der Waals surface area (Å²) < 4.78 is 43.9. The van der Waals surface area contributed by atoms with Gasteiger partial charge >= 0.3 is 0 Å². The minimum absolute atomic E-state index is 0.106. The van der Waals surface area contributed by atoms with Crippen molar-refractivity contribution in [2.45, 2.75) is 20.3 Å². The fourth-order valence-electron chi connectivity index (χ4n) is 0.912. The van der Waals surface area contributed by atoms with E-state index in [2.05, 4.69) is 0 Å². The van der Waals surface area contributed by atoms with Crippen LogP contribution in [0.2, 0.25) is 0 Å². The molecular weight excluding hydrogens is 224 g/mol. The zero-order valence-corrected chi connectivity index (χ0v) is 10.3. The van der Waals surface area contributed by atoms with Crippen LogP contribution in [-0.4, -0.2) is 33.9 Å². The summed E-state index contributed by atoms with van der Waals surface area (Å²) in [7, 11) is -6.91. The van der Waals surface area contributed by atoms with Gasteiger partial charge < -0.3 is 0 Å². The molecule has 0 saturated heterocycles. The van der Waals surface area contributed by atoms with E-state index in [1.54, 1.807) is 6.08 Å². The third-order valence-corrected chi connectivity index (χ3v) is 5.38. The van der Waals surface area contributed by atoms with Crippen LogP contribution in [0.15, 0.2) is 11.6 Å². The van der Waals surface area contributed by atoms with E-state index in [9.17, 15) is 16.8 Å². The molecule has 0 rings (SSSR count). The fourth-order valence-corrected chi connectivity index (χ4v) is 4.47. The molecule has 0 atom stereocenters. The largest absolute Gasteiger partial charge is 0.228 e. The van der Waals surface area contributed by atoms with Crippen LogP contribution in [0, 0.1) is 0 Å². The maximum absolute atomic E-state index is 11.2. The molecule has 0 amide bonds. The van der Waals surface area contributed by atoms with E-state index in [0.717, 1.165) is 11.8 Å². The van der Waals surface area contributed by atoms with Gasteiger partial charge in [-0.15, -0.1) is 0 Å². The van der Waals surface area contributed by atoms with Crippen molar-refractivity contribution in [1.82, 2.24) is 0 Å². The van der Waals surface area contributed by atoms with Crippen LogP contribution in [0.3, 0.4) is 0 Å². The summed E-state index contributed by atoms with van der Waals surface area (Å²) in [6, 6.07) is 0. The third-order valence-electron chi connectivity index (χ3n) is 1.38. The molecule has 0 aliphatic carbocycles. The highest BCUT2D eigenvalue weighted by atomic mass is 32.3. The van der Waals surface area contributed by atoms with Crippen molar-refractivity contribution in [2.75, 3.05) is 17.1 Å². The molecule has 0 unspecified atom stereocenters. The Morgan fingerprint density at radius 3 is 2.00 bits per heavy atom. The number of hydrogen-bond acceptors (Lipinski definition) is 4. The average Bonchev–Trinajstić information content (AvgIpc) is 1.78. The predicted molar refractivity (Wildman–Crippen MR) is 57.5 cm³/mol. The van der Waals surface area contributed by atoms with Crippen LogP contribution >= 0.6 is 0 Å². The molecule has 0 N–H and O–H groups in total. The van der Waals surface area contributed by atoms with Crippen molar-refractivity contribution in [1.29, 1.82) is 0 Å². The molecule has 0 aliphatic rings. The predicted octanol–water partition coefficient (Wildman–Crippen LogP) is 0.760. The Balaban J connectivity index is 4.32. The SMILES string of the molecule is CC(C)=CCCS(=O)(=O)CS(C)(=O)=O. The molecule has 0 radical (unpaired) electrons. The minimum atomic E-state index is -3.47. The third kappa shape index (κ3) is 8.25. The molecule has 6 heteroatoms. The first-order valence-electron chi connectivity index (χ1n) is 4.14. The van der Waals surface area contributed by atoms with Gasteiger partial charge in [0.15, 0.2) is 24.8 Å². The Labute approximate surface area is 85.9 Å². The van der Waals surface area contributed by atoms with Gasteiger partial charge in [-0.3, -0.25) is 0 Å². The van der Waals surface area contributed by atoms with Crippen molar-refractivity contribution in [3.05, 3.63) is 11.6 Å². The summed E-state index contributed by atoms with van der Waals surface area (Å²) in [5.74, 6) is -0.106. The number of hydrogen-bond donors (Lipinski definition) is 0. The van der Waals surface area contributed by atoms with Gasteiger partial charge in [-0.2, -0.15) is 0 Å². The summed E-state index contributed by atoms with van der Waals surface area (Å²) in [5.41, 5.74) is 1.03. The monoisotopic (exact) mass is 240 g/mol. The molecule has 0 spiro atoms. The second-order valence-corrected chi connectivity index (χ2v) is 8.25. The van der Waals surface area contributed by atoms with E-state index in [4.69, 9.17) is 0 Å². The summed E-state index contributed by atoms with van der Waals surface area (Å²) >= 11 is 0. The van der Waals surface area contributed by atoms with E-state index in [1.165, 1.54) is 0 Å². The van der Waals surface area contributed by atoms with Crippen LogP contribution in [0.1, 0.15) is 20.3 Å². The molecule has 0 aromatic rings. The average molecular weight is 240 g/mol. The Bertz CT molecular complexity index is 397. The van der Waals surface area contributed by atoms with Crippen LogP contribution in [0.4, 0.5) is 0 Å². The lowest BCUT2D eigenvalue weighted by Gasteiger charge is -2.00. The van der Waals surface area contributed by atoms with Crippen LogP contribution in [0.25, 0.3) is 0 Å². The summed E-state index contributed by atoms with van der Waals surface area (Å²) in [6.45, 7) is 3.73. The Hall–Kier alpha value is -0.360. The van der Waals surface area contributed by atoms with Gasteiger partial charge in [0.25, 0.3) is 0 Å². The molecule has 0 aromatic heterocycles. The number of allylic oxidation sites excluding steroid dienone is 2. The first-order chi connectivity index (χ1) is 6.12. The second-order valence-electron chi connectivity index (χ2n) is 3.56. The second kappa shape index (κ2) is 4.93. The molecule has 0 aromatic carbocycles. The summed E-state index contributed by atoms with van der Waals surface area (Å²) in [4.78, 5) is 0. The highest BCUT2D eigenvalue weighted by Crippen LogP contribution is 2.01. The lowest BCUT2D eigenvalue weighted by Crippen LogP contribution is -2.17. The van der Waals surface area contributed by atoms with Crippen LogP contribution in [-0.2, 0) is 19.7 Å². The molecule has 0 heterocycles. The van der Waals surface area contributed by atoms with Gasteiger partial charge in [0.05, 0.1) is 5.75 Å². The summed E-state index contributed by atoms with van der Waals surface area (Å²) in [6.07, 6.45) is 3.07. The van der Waals surface area contributed by atoms with E-state index < -0.39 is 24.8 Å². The fraction of sp³-hybridized carbons (Fsp3) is 0.750. The number of sulfone groups is 2. The highest BCUT2D eigenvalue weighted by molar-refractivity contribution is 8.07. The van der Waals surface area contributed by atoms with Crippen molar-refractivity contribution < 1.29 is 16.8 Å². The summed E-state index contributed by atoms with van der Waals surface area (Å²) in [5, 5.41) is -0.753. The van der Waals surface area contributed by atoms with Crippen molar-refractivity contribution in [3.63, 3.8) is 0 Å². The zero-order valence-electron chi connectivity index (χ0n) is 8.65. The minimum Gasteiger partial charge on any atom is -0.228 e. The van der Waals surface area contributed by atoms with E-state index in [-0.39, 0.29) is 5.75 Å². The lowest BCUT2D eigenvalue weighted by molar-refractivity contribution is 0.591. The Kier molecular flexibility index (Phi) is 4.80. The van der Waals surface area contributed by atoms with Gasteiger partial charge in [-0.25, -0.2) is 16.8 Å². The maximum Gasteiger partial charge on any atom is 0.164 e. The molecule has 0 saturated carbocycles. The molecule has 0 bridgehead atoms. The normalized spacial score (nSPS) is 12.5. The Morgan fingerprint density at radius 2 is 1.64 bits per heavy atom. The highest BCUT2D eigenvalue weighted by Gasteiger charge is 2.16. The standard InChI is InChI=1S/C8H16O4S2/c1-8(2)5-4-6-14(11,12)7-13(3,9)10/h5H,4,6-7H2,1-3H3. The quantitative estimate of drug-likeness (QED) is 0.665. The van der Waals surface area contributed by atoms with Crippen molar-refractivity contribution in [3.8, 4) is 0 Å². The molecule has 0 aliphatic heterocycles. The molecule has 4 nitrogen and oxygen atoms in total. The zero-order chi connectivity index (χ0) is 11.4. The number of rotatable bonds is 5. The van der Waals surface area contributed by atoms with E-state index in [1.807, 2.05) is 13.8 Å². The van der Waals surface area contributed by atoms with Crippen LogP contribution in [0.5, 0.6) is 0 Å². The molecular formula is C8H16O4S2. The topological polar surface area (TPSA) is 68.3 Å². The molecule has 84 valence electrons. The van der Waals surface area contributed by atoms with Crippen molar-refractivity contribution >= 4 is 19.7 Å². The maximum atomic E-state index is 11.2. The van der Waals surface area contributed by atoms with Crippen molar-refractivity contribution in [2.24, 2.45) is 0 Å². The smallest absolute Gasteiger partial charge is 0.164 e. The van der Waals surface area contributed by atoms with E-state index >= 15 is 0 Å². The van der Waals surface area contributed by atoms with Crippen LogP contribution < -0.4 is 0 Å². The van der Waals surface area contributed by atoms with Gasteiger partial charge in [0, 0.05) is 6.26 Å². The molecule has 0 fully saturated rings. The lowest BCUT2D eigenvalue weighted by atomic mass is 10.3. The van der Waals surface area contributed by atoms with Gasteiger partial charge in [0.1, 0.15) is 0 Å². The van der Waals surface area contributed by atoms with Gasteiger partial charge in [-0.1, -0.05) is 11.6 Å². The van der Waals surface area contributed by atoms with E-state index in [0.29, 0.717) is 6.42 Å². The van der Waals surface area contributed by atoms with Gasteiger partial charge in [0.2, 0.25) is 0 Å². The first kappa shape index (κ1) is 13.6. The van der Waals surface area contributed by atoms with Gasteiger partial charge in [-0.05, 0) is 20.3 Å². The Morgan fingerprint density at radius 1 is 1.14 bits per heavy atom. The molecule has 14 heavy (non-hydrogen) atoms.